The summed E-state index contributed by atoms with van der Waals surface area (Å²) in [7, 11) is 1.56. The largest absolute Gasteiger partial charge is 0.496 e. The van der Waals surface area contributed by atoms with E-state index < -0.39 is 6.04 Å². The zero-order valence-corrected chi connectivity index (χ0v) is 16.4. The second-order valence-corrected chi connectivity index (χ2v) is 8.15. The summed E-state index contributed by atoms with van der Waals surface area (Å²) in [6, 6.07) is 6.47. The van der Waals surface area contributed by atoms with Crippen molar-refractivity contribution in [2.24, 2.45) is 5.92 Å². The van der Waals surface area contributed by atoms with E-state index in [-0.39, 0.29) is 23.9 Å². The number of aldehydes is 1. The second-order valence-electron chi connectivity index (χ2n) is 8.15. The molecule has 2 amide bonds. The van der Waals surface area contributed by atoms with E-state index in [2.05, 4.69) is 0 Å². The summed E-state index contributed by atoms with van der Waals surface area (Å²) in [5.41, 5.74) is 0.502. The Kier molecular flexibility index (Phi) is 5.38. The van der Waals surface area contributed by atoms with Crippen molar-refractivity contribution in [3.05, 3.63) is 29.8 Å². The molecule has 0 spiro atoms. The highest BCUT2D eigenvalue weighted by molar-refractivity contribution is 6.00. The highest BCUT2D eigenvalue weighted by Gasteiger charge is 2.49. The number of carbonyl (C=O) groups is 3. The molecule has 1 aliphatic carbocycles. The first kappa shape index (κ1) is 19.0. The molecule has 4 atom stereocenters. The molecule has 3 fully saturated rings. The molecule has 28 heavy (non-hydrogen) atoms. The zero-order valence-electron chi connectivity index (χ0n) is 16.4. The minimum Gasteiger partial charge on any atom is -0.496 e. The van der Waals surface area contributed by atoms with Crippen molar-refractivity contribution in [2.45, 2.75) is 63.1 Å². The second kappa shape index (κ2) is 7.94. The Morgan fingerprint density at radius 1 is 1.11 bits per heavy atom. The van der Waals surface area contributed by atoms with E-state index in [9.17, 15) is 14.4 Å². The van der Waals surface area contributed by atoms with E-state index in [0.29, 0.717) is 30.2 Å². The number of rotatable bonds is 4. The zero-order chi connectivity index (χ0) is 19.7. The molecule has 1 aromatic carbocycles. The lowest BCUT2D eigenvalue weighted by atomic mass is 9.84. The molecule has 0 N–H and O–H groups in total. The Balaban J connectivity index is 1.67. The average molecular weight is 384 g/mol. The monoisotopic (exact) mass is 384 g/mol. The number of fused-ring (bicyclic) bond motifs is 1. The van der Waals surface area contributed by atoms with Crippen LogP contribution in [-0.4, -0.2) is 59.7 Å². The molecule has 2 unspecified atom stereocenters. The number of benzene rings is 1. The molecule has 0 aromatic heterocycles. The fourth-order valence-corrected chi connectivity index (χ4v) is 5.33. The highest BCUT2D eigenvalue weighted by atomic mass is 16.5. The van der Waals surface area contributed by atoms with Gasteiger partial charge in [-0.05, 0) is 50.2 Å². The number of carbonyl (C=O) groups excluding carboxylic acids is 3. The molecule has 2 aliphatic heterocycles. The fourth-order valence-electron chi connectivity index (χ4n) is 5.33. The third kappa shape index (κ3) is 3.19. The van der Waals surface area contributed by atoms with E-state index in [1.54, 1.807) is 24.1 Å². The van der Waals surface area contributed by atoms with Gasteiger partial charge >= 0.3 is 0 Å². The van der Waals surface area contributed by atoms with Gasteiger partial charge in [0.2, 0.25) is 5.91 Å². The summed E-state index contributed by atoms with van der Waals surface area (Å²) in [4.78, 5) is 41.9. The standard InChI is InChI=1S/C22H28N2O4/c1-28-20-11-5-3-9-17(20)21(26)24-18-10-4-2-7-15(18)13-19(24)22(27)23-12-6-8-16(23)14-25/h3,5,9,11,14-16,18-19H,2,4,6-8,10,12-13H2,1H3/t15?,16-,18?,19-/m0/s1. The number of methoxy groups -OCH3 is 1. The van der Waals surface area contributed by atoms with Crippen LogP contribution in [0, 0.1) is 5.92 Å². The maximum atomic E-state index is 13.6. The molecule has 0 radical (unpaired) electrons. The fraction of sp³-hybridized carbons (Fsp3) is 0.591. The third-order valence-corrected chi connectivity index (χ3v) is 6.68. The summed E-state index contributed by atoms with van der Waals surface area (Å²) in [6.07, 6.45) is 7.36. The van der Waals surface area contributed by atoms with E-state index in [1.165, 1.54) is 0 Å². The van der Waals surface area contributed by atoms with Crippen molar-refractivity contribution in [2.75, 3.05) is 13.7 Å². The van der Waals surface area contributed by atoms with Crippen LogP contribution in [0.2, 0.25) is 0 Å². The third-order valence-electron chi connectivity index (χ3n) is 6.68. The van der Waals surface area contributed by atoms with Crippen molar-refractivity contribution in [3.8, 4) is 5.75 Å². The van der Waals surface area contributed by atoms with Gasteiger partial charge in [-0.3, -0.25) is 9.59 Å². The lowest BCUT2D eigenvalue weighted by molar-refractivity contribution is -0.138. The van der Waals surface area contributed by atoms with Crippen LogP contribution in [-0.2, 0) is 9.59 Å². The first-order valence-electron chi connectivity index (χ1n) is 10.4. The van der Waals surface area contributed by atoms with Crippen LogP contribution in [0.3, 0.4) is 0 Å². The first-order valence-corrected chi connectivity index (χ1v) is 10.4. The molecular formula is C22H28N2O4. The average Bonchev–Trinajstić information content (AvgIpc) is 3.37. The van der Waals surface area contributed by atoms with E-state index in [1.807, 2.05) is 17.0 Å². The predicted molar refractivity (Wildman–Crippen MR) is 104 cm³/mol. The van der Waals surface area contributed by atoms with Gasteiger partial charge in [0.25, 0.3) is 5.91 Å². The van der Waals surface area contributed by atoms with Gasteiger partial charge in [0.15, 0.2) is 0 Å². The van der Waals surface area contributed by atoms with Crippen molar-refractivity contribution in [3.63, 3.8) is 0 Å². The highest BCUT2D eigenvalue weighted by Crippen LogP contribution is 2.42. The minimum absolute atomic E-state index is 0.0627. The van der Waals surface area contributed by atoms with Gasteiger partial charge < -0.3 is 19.3 Å². The number of hydrogen-bond acceptors (Lipinski definition) is 4. The number of para-hydroxylation sites is 1. The Morgan fingerprint density at radius 2 is 1.89 bits per heavy atom. The van der Waals surface area contributed by atoms with E-state index >= 15 is 0 Å². The number of nitrogens with zero attached hydrogens (tertiary/aromatic N) is 2. The predicted octanol–water partition coefficient (Wildman–Crippen LogP) is 2.66. The number of amides is 2. The molecule has 2 heterocycles. The lowest BCUT2D eigenvalue weighted by Crippen LogP contribution is -2.52. The summed E-state index contributed by atoms with van der Waals surface area (Å²) in [5.74, 6) is 0.697. The number of likely N-dealkylation sites (tertiary alicyclic amines) is 2. The number of hydrogen-bond donors (Lipinski definition) is 0. The van der Waals surface area contributed by atoms with Crippen LogP contribution in [0.5, 0.6) is 5.75 Å². The van der Waals surface area contributed by atoms with Crippen molar-refractivity contribution in [1.29, 1.82) is 0 Å². The van der Waals surface area contributed by atoms with Crippen LogP contribution >= 0.6 is 0 Å². The normalized spacial score (nSPS) is 29.5. The van der Waals surface area contributed by atoms with Crippen molar-refractivity contribution < 1.29 is 19.1 Å². The lowest BCUT2D eigenvalue weighted by Gasteiger charge is -2.35. The van der Waals surface area contributed by atoms with Crippen LogP contribution in [0.25, 0.3) is 0 Å². The maximum absolute atomic E-state index is 13.6. The molecular weight excluding hydrogens is 356 g/mol. The van der Waals surface area contributed by atoms with Gasteiger partial charge in [-0.25, -0.2) is 0 Å². The smallest absolute Gasteiger partial charge is 0.258 e. The topological polar surface area (TPSA) is 66.9 Å². The van der Waals surface area contributed by atoms with Gasteiger partial charge in [0, 0.05) is 12.6 Å². The Bertz CT molecular complexity index is 765. The van der Waals surface area contributed by atoms with E-state index in [0.717, 1.165) is 44.8 Å². The van der Waals surface area contributed by atoms with Crippen molar-refractivity contribution >= 4 is 18.1 Å². The number of ether oxygens (including phenoxy) is 1. The molecule has 1 aromatic rings. The Hall–Kier alpha value is -2.37. The molecule has 150 valence electrons. The van der Waals surface area contributed by atoms with E-state index in [4.69, 9.17) is 4.74 Å². The molecule has 1 saturated carbocycles. The van der Waals surface area contributed by atoms with Crippen LogP contribution in [0.15, 0.2) is 24.3 Å². The Labute approximate surface area is 165 Å². The molecule has 3 aliphatic rings. The summed E-state index contributed by atoms with van der Waals surface area (Å²) in [5, 5.41) is 0. The molecule has 6 heteroatoms. The van der Waals surface area contributed by atoms with Gasteiger partial charge in [-0.15, -0.1) is 0 Å². The van der Waals surface area contributed by atoms with Crippen LogP contribution in [0.4, 0.5) is 0 Å². The summed E-state index contributed by atoms with van der Waals surface area (Å²) < 4.78 is 5.40. The first-order chi connectivity index (χ1) is 13.7. The van der Waals surface area contributed by atoms with Gasteiger partial charge in [0.1, 0.15) is 18.1 Å². The Morgan fingerprint density at radius 3 is 2.68 bits per heavy atom. The van der Waals surface area contributed by atoms with Gasteiger partial charge in [-0.1, -0.05) is 25.0 Å². The van der Waals surface area contributed by atoms with Gasteiger partial charge in [0.05, 0.1) is 18.7 Å². The minimum atomic E-state index is -0.480. The summed E-state index contributed by atoms with van der Waals surface area (Å²) >= 11 is 0. The molecule has 4 rings (SSSR count). The quantitative estimate of drug-likeness (QED) is 0.749. The van der Waals surface area contributed by atoms with Crippen LogP contribution in [0.1, 0.15) is 55.3 Å². The van der Waals surface area contributed by atoms with Crippen molar-refractivity contribution in [1.82, 2.24) is 9.80 Å². The maximum Gasteiger partial charge on any atom is 0.258 e. The summed E-state index contributed by atoms with van der Waals surface area (Å²) in [6.45, 7) is 0.602. The SMILES string of the molecule is COc1ccccc1C(=O)N1C2CCCCC2C[C@H]1C(=O)N1CCC[C@H]1C=O. The molecule has 2 saturated heterocycles. The molecule has 6 nitrogen and oxygen atoms in total. The van der Waals surface area contributed by atoms with Gasteiger partial charge in [-0.2, -0.15) is 0 Å². The van der Waals surface area contributed by atoms with Crippen LogP contribution < -0.4 is 4.74 Å². The molecule has 0 bridgehead atoms.